The van der Waals surface area contributed by atoms with Gasteiger partial charge < -0.3 is 10.0 Å². The maximum Gasteiger partial charge on any atom is 0.269 e. The van der Waals surface area contributed by atoms with E-state index < -0.39 is 12.5 Å². The number of alkyl halides is 2. The highest BCUT2D eigenvalue weighted by Crippen LogP contribution is 2.29. The molecule has 1 aromatic rings. The fourth-order valence-corrected chi connectivity index (χ4v) is 1.57. The average molecular weight is 208 g/mol. The summed E-state index contributed by atoms with van der Waals surface area (Å²) in [6, 6.07) is 0. The number of aliphatic hydroxyl groups is 1. The van der Waals surface area contributed by atoms with Crippen LogP contribution in [0.2, 0.25) is 0 Å². The summed E-state index contributed by atoms with van der Waals surface area (Å²) in [6.07, 6.45) is -3.20. The van der Waals surface area contributed by atoms with E-state index in [1.54, 1.807) is 19.0 Å². The fraction of sp³-hybridized carbons (Fsp3) is 0.571. The second-order valence-electron chi connectivity index (χ2n) is 2.72. The van der Waals surface area contributed by atoms with Crippen molar-refractivity contribution in [3.63, 3.8) is 0 Å². The number of halogens is 2. The molecule has 1 aromatic heterocycles. The number of rotatable bonds is 3. The van der Waals surface area contributed by atoms with E-state index in [9.17, 15) is 8.78 Å². The molecule has 13 heavy (non-hydrogen) atoms. The van der Waals surface area contributed by atoms with Gasteiger partial charge in [-0.2, -0.15) is 0 Å². The molecule has 0 saturated heterocycles. The van der Waals surface area contributed by atoms with Crippen molar-refractivity contribution in [2.45, 2.75) is 12.5 Å². The molecule has 0 bridgehead atoms. The summed E-state index contributed by atoms with van der Waals surface area (Å²) >= 11 is 1.06. The van der Waals surface area contributed by atoms with Gasteiger partial charge in [-0.3, -0.25) is 0 Å². The van der Waals surface area contributed by atoms with Crippen LogP contribution in [-0.2, 0) is 0 Å². The number of aromatic nitrogens is 1. The van der Waals surface area contributed by atoms with Gasteiger partial charge in [0.05, 0.1) is 4.88 Å². The zero-order valence-corrected chi connectivity index (χ0v) is 8.05. The first-order valence-corrected chi connectivity index (χ1v) is 4.43. The van der Waals surface area contributed by atoms with Crippen molar-refractivity contribution in [3.05, 3.63) is 11.1 Å². The van der Waals surface area contributed by atoms with Gasteiger partial charge in [0, 0.05) is 20.3 Å². The molecule has 1 N–H and O–H groups in total. The quantitative estimate of drug-likeness (QED) is 0.818. The van der Waals surface area contributed by atoms with Gasteiger partial charge >= 0.3 is 0 Å². The first kappa shape index (κ1) is 10.3. The van der Waals surface area contributed by atoms with E-state index in [2.05, 4.69) is 4.98 Å². The van der Waals surface area contributed by atoms with Crippen LogP contribution in [0.15, 0.2) is 6.20 Å². The van der Waals surface area contributed by atoms with Crippen molar-refractivity contribution in [1.29, 1.82) is 0 Å². The topological polar surface area (TPSA) is 36.4 Å². The van der Waals surface area contributed by atoms with Crippen LogP contribution in [-0.4, -0.2) is 30.6 Å². The molecule has 0 aliphatic heterocycles. The van der Waals surface area contributed by atoms with Crippen LogP contribution in [0.5, 0.6) is 0 Å². The van der Waals surface area contributed by atoms with Gasteiger partial charge in [0.25, 0.3) is 6.43 Å². The van der Waals surface area contributed by atoms with E-state index in [4.69, 9.17) is 5.11 Å². The van der Waals surface area contributed by atoms with Crippen LogP contribution in [0.25, 0.3) is 0 Å². The van der Waals surface area contributed by atoms with Crippen LogP contribution in [0.1, 0.15) is 11.0 Å². The van der Waals surface area contributed by atoms with Crippen LogP contribution in [0, 0.1) is 0 Å². The summed E-state index contributed by atoms with van der Waals surface area (Å²) in [6.45, 7) is 0. The predicted molar refractivity (Wildman–Crippen MR) is 47.4 cm³/mol. The van der Waals surface area contributed by atoms with Gasteiger partial charge in [-0.15, -0.1) is 0 Å². The number of hydrogen-bond donors (Lipinski definition) is 1. The molecule has 74 valence electrons. The number of thiazole rings is 1. The van der Waals surface area contributed by atoms with Crippen molar-refractivity contribution in [2.24, 2.45) is 0 Å². The summed E-state index contributed by atoms with van der Waals surface area (Å²) in [5.41, 5.74) is 0. The molecular weight excluding hydrogens is 198 g/mol. The summed E-state index contributed by atoms with van der Waals surface area (Å²) in [5, 5.41) is 9.60. The van der Waals surface area contributed by atoms with Gasteiger partial charge in [0.15, 0.2) is 11.2 Å². The van der Waals surface area contributed by atoms with Gasteiger partial charge in [-0.25, -0.2) is 13.8 Å². The number of hydrogen-bond acceptors (Lipinski definition) is 4. The lowest BCUT2D eigenvalue weighted by molar-refractivity contribution is -0.00380. The minimum atomic E-state index is -2.75. The monoisotopic (exact) mass is 208 g/mol. The molecular formula is C7H10F2N2OS. The number of nitrogens with zero attached hydrogens (tertiary/aromatic N) is 2. The second-order valence-corrected chi connectivity index (χ2v) is 3.76. The molecule has 1 rings (SSSR count). The third kappa shape index (κ3) is 2.35. The summed E-state index contributed by atoms with van der Waals surface area (Å²) in [5.74, 6) is 0. The lowest BCUT2D eigenvalue weighted by atomic mass is 10.3. The van der Waals surface area contributed by atoms with E-state index >= 15 is 0 Å². The van der Waals surface area contributed by atoms with Crippen molar-refractivity contribution in [1.82, 2.24) is 4.98 Å². The fourth-order valence-electron chi connectivity index (χ4n) is 0.745. The molecule has 0 aliphatic carbocycles. The van der Waals surface area contributed by atoms with Crippen LogP contribution in [0.3, 0.4) is 0 Å². The molecule has 3 nitrogen and oxygen atoms in total. The highest BCUT2D eigenvalue weighted by Gasteiger charge is 2.21. The lowest BCUT2D eigenvalue weighted by Crippen LogP contribution is -2.07. The molecule has 6 heteroatoms. The Hall–Kier alpha value is -0.750. The van der Waals surface area contributed by atoms with E-state index in [0.29, 0.717) is 5.13 Å². The Morgan fingerprint density at radius 3 is 2.54 bits per heavy atom. The zero-order valence-electron chi connectivity index (χ0n) is 7.24. The maximum atomic E-state index is 12.0. The largest absolute Gasteiger partial charge is 0.382 e. The predicted octanol–water partition coefficient (Wildman–Crippen LogP) is 1.51. The van der Waals surface area contributed by atoms with Crippen LogP contribution in [0.4, 0.5) is 13.9 Å². The summed E-state index contributed by atoms with van der Waals surface area (Å²) in [7, 11) is 3.52. The van der Waals surface area contributed by atoms with Crippen molar-refractivity contribution >= 4 is 16.5 Å². The zero-order chi connectivity index (χ0) is 10.0. The Balaban J connectivity index is 2.79. The molecule has 0 aromatic carbocycles. The third-order valence-electron chi connectivity index (χ3n) is 1.42. The van der Waals surface area contributed by atoms with E-state index in [-0.39, 0.29) is 4.88 Å². The molecule has 0 spiro atoms. The van der Waals surface area contributed by atoms with Crippen molar-refractivity contribution in [3.8, 4) is 0 Å². The minimum absolute atomic E-state index is 0.193. The SMILES string of the molecule is CN(C)c1ncc(C(O)C(F)F)s1. The van der Waals surface area contributed by atoms with Crippen LogP contribution >= 0.6 is 11.3 Å². The first-order chi connectivity index (χ1) is 6.02. The maximum absolute atomic E-state index is 12.0. The highest BCUT2D eigenvalue weighted by atomic mass is 32.1. The minimum Gasteiger partial charge on any atom is -0.382 e. The molecule has 0 aliphatic rings. The Morgan fingerprint density at radius 2 is 2.15 bits per heavy atom. The van der Waals surface area contributed by atoms with Gasteiger partial charge in [0.1, 0.15) is 0 Å². The number of anilines is 1. The van der Waals surface area contributed by atoms with E-state index in [0.717, 1.165) is 11.3 Å². The molecule has 0 fully saturated rings. The number of aliphatic hydroxyl groups excluding tert-OH is 1. The second kappa shape index (κ2) is 3.97. The molecule has 0 amide bonds. The van der Waals surface area contributed by atoms with Crippen LogP contribution < -0.4 is 4.90 Å². The Labute approximate surface area is 78.6 Å². The van der Waals surface area contributed by atoms with Crippen molar-refractivity contribution < 1.29 is 13.9 Å². The van der Waals surface area contributed by atoms with E-state index in [1.165, 1.54) is 6.20 Å². The highest BCUT2D eigenvalue weighted by molar-refractivity contribution is 7.15. The van der Waals surface area contributed by atoms with E-state index in [1.807, 2.05) is 0 Å². The average Bonchev–Trinajstić information content (AvgIpc) is 2.50. The molecule has 0 radical (unpaired) electrons. The smallest absolute Gasteiger partial charge is 0.269 e. The summed E-state index contributed by atoms with van der Waals surface area (Å²) in [4.78, 5) is 5.76. The van der Waals surface area contributed by atoms with Gasteiger partial charge in [-0.1, -0.05) is 11.3 Å². The standard InChI is InChI=1S/C7H10F2N2OS/c1-11(2)7-10-3-4(13-7)5(12)6(8)9/h3,5-6,12H,1-2H3. The Bertz CT molecular complexity index is 277. The molecule has 0 saturated carbocycles. The molecule has 1 atom stereocenters. The Morgan fingerprint density at radius 1 is 1.54 bits per heavy atom. The molecule has 1 heterocycles. The summed E-state index contributed by atoms with van der Waals surface area (Å²) < 4.78 is 24.1. The van der Waals surface area contributed by atoms with Crippen molar-refractivity contribution in [2.75, 3.05) is 19.0 Å². The van der Waals surface area contributed by atoms with Gasteiger partial charge in [0.2, 0.25) is 0 Å². The lowest BCUT2D eigenvalue weighted by Gasteiger charge is -2.07. The first-order valence-electron chi connectivity index (χ1n) is 3.61. The third-order valence-corrected chi connectivity index (χ3v) is 2.66. The Kier molecular flexibility index (Phi) is 3.16. The van der Waals surface area contributed by atoms with Gasteiger partial charge in [-0.05, 0) is 0 Å². The normalized spacial score (nSPS) is 13.4. The molecule has 1 unspecified atom stereocenters.